The molecule has 0 fully saturated rings. The maximum Gasteiger partial charge on any atom is 0.168 e. The molecule has 0 atom stereocenters. The molecule has 0 aliphatic carbocycles. The minimum atomic E-state index is -0.369. The van der Waals surface area contributed by atoms with E-state index in [0.717, 1.165) is 16.9 Å². The number of aromatic nitrogens is 1. The number of ether oxygens (including phenoxy) is 1. The van der Waals surface area contributed by atoms with Gasteiger partial charge in [0, 0.05) is 22.9 Å². The zero-order chi connectivity index (χ0) is 15.6. The molecule has 2 aromatic rings. The van der Waals surface area contributed by atoms with E-state index in [1.54, 1.807) is 32.4 Å². The fourth-order valence-corrected chi connectivity index (χ4v) is 2.27. The molecule has 110 valence electrons. The number of ketones is 1. The van der Waals surface area contributed by atoms with Crippen LogP contribution in [0.4, 0.5) is 4.39 Å². The first-order chi connectivity index (χ1) is 9.93. The summed E-state index contributed by atoms with van der Waals surface area (Å²) in [6.45, 7) is 5.44. The lowest BCUT2D eigenvalue weighted by Crippen LogP contribution is -2.08. The second-order valence-corrected chi connectivity index (χ2v) is 5.11. The highest BCUT2D eigenvalue weighted by molar-refractivity contribution is 5.97. The van der Waals surface area contributed by atoms with Crippen molar-refractivity contribution in [2.45, 2.75) is 27.2 Å². The number of pyridine rings is 1. The molecule has 0 N–H and O–H groups in total. The van der Waals surface area contributed by atoms with E-state index in [-0.39, 0.29) is 18.0 Å². The summed E-state index contributed by atoms with van der Waals surface area (Å²) in [5, 5.41) is 0. The molecule has 3 nitrogen and oxygen atoms in total. The van der Waals surface area contributed by atoms with E-state index in [9.17, 15) is 9.18 Å². The molecule has 0 bridgehead atoms. The van der Waals surface area contributed by atoms with Crippen molar-refractivity contribution >= 4 is 5.78 Å². The Balaban J connectivity index is 2.29. The van der Waals surface area contributed by atoms with Crippen molar-refractivity contribution in [1.29, 1.82) is 0 Å². The quantitative estimate of drug-likeness (QED) is 0.807. The summed E-state index contributed by atoms with van der Waals surface area (Å²) in [7, 11) is 1.59. The highest BCUT2D eigenvalue weighted by Gasteiger charge is 2.15. The van der Waals surface area contributed by atoms with E-state index < -0.39 is 0 Å². The second kappa shape index (κ2) is 6.04. The van der Waals surface area contributed by atoms with Crippen LogP contribution < -0.4 is 4.74 Å². The number of Topliss-reactive ketones (excluding diaryl/α,β-unsaturated/α-hetero) is 1. The third-order valence-electron chi connectivity index (χ3n) is 3.57. The van der Waals surface area contributed by atoms with Crippen molar-refractivity contribution in [3.05, 3.63) is 58.2 Å². The Bertz CT molecular complexity index is 695. The first-order valence-electron chi connectivity index (χ1n) is 6.72. The van der Waals surface area contributed by atoms with E-state index >= 15 is 0 Å². The van der Waals surface area contributed by atoms with Crippen molar-refractivity contribution in [2.75, 3.05) is 7.11 Å². The summed E-state index contributed by atoms with van der Waals surface area (Å²) in [6.07, 6.45) is 1.81. The molecule has 0 aliphatic heterocycles. The van der Waals surface area contributed by atoms with Crippen LogP contribution in [-0.4, -0.2) is 17.9 Å². The van der Waals surface area contributed by atoms with Gasteiger partial charge in [0.2, 0.25) is 0 Å². The molecular formula is C17H18FNO2. The van der Waals surface area contributed by atoms with E-state index in [1.807, 2.05) is 13.8 Å². The maximum atomic E-state index is 13.5. The lowest BCUT2D eigenvalue weighted by atomic mass is 10.0. The Morgan fingerprint density at radius 3 is 2.57 bits per heavy atom. The molecule has 0 saturated carbocycles. The number of hydrogen-bond acceptors (Lipinski definition) is 3. The third-order valence-corrected chi connectivity index (χ3v) is 3.57. The number of hydrogen-bond donors (Lipinski definition) is 0. The molecule has 4 heteroatoms. The van der Waals surface area contributed by atoms with Gasteiger partial charge in [0.1, 0.15) is 11.6 Å². The Morgan fingerprint density at radius 2 is 1.95 bits per heavy atom. The molecule has 0 spiro atoms. The van der Waals surface area contributed by atoms with Crippen LogP contribution in [0.2, 0.25) is 0 Å². The van der Waals surface area contributed by atoms with Gasteiger partial charge in [-0.05, 0) is 32.4 Å². The van der Waals surface area contributed by atoms with Crippen molar-refractivity contribution in [1.82, 2.24) is 4.98 Å². The van der Waals surface area contributed by atoms with Crippen LogP contribution in [0.15, 0.2) is 24.4 Å². The largest absolute Gasteiger partial charge is 0.496 e. The van der Waals surface area contributed by atoms with Crippen LogP contribution in [0.5, 0.6) is 5.75 Å². The molecule has 1 aromatic heterocycles. The summed E-state index contributed by atoms with van der Waals surface area (Å²) in [4.78, 5) is 16.6. The van der Waals surface area contributed by atoms with E-state index in [2.05, 4.69) is 4.98 Å². The Kier molecular flexibility index (Phi) is 4.36. The number of aryl methyl sites for hydroxylation is 2. The average molecular weight is 287 g/mol. The van der Waals surface area contributed by atoms with Crippen molar-refractivity contribution < 1.29 is 13.9 Å². The predicted octanol–water partition coefficient (Wildman–Crippen LogP) is 3.58. The fourth-order valence-electron chi connectivity index (χ4n) is 2.27. The van der Waals surface area contributed by atoms with E-state index in [0.29, 0.717) is 16.8 Å². The summed E-state index contributed by atoms with van der Waals surface area (Å²) in [6, 6.07) is 4.53. The van der Waals surface area contributed by atoms with Gasteiger partial charge >= 0.3 is 0 Å². The molecular weight excluding hydrogens is 269 g/mol. The number of nitrogens with zero attached hydrogens (tertiary/aromatic N) is 1. The van der Waals surface area contributed by atoms with Crippen LogP contribution in [0.1, 0.15) is 32.7 Å². The minimum absolute atomic E-state index is 0.130. The number of benzene rings is 1. The summed E-state index contributed by atoms with van der Waals surface area (Å²) < 4.78 is 18.9. The van der Waals surface area contributed by atoms with Gasteiger partial charge in [0.05, 0.1) is 19.2 Å². The topological polar surface area (TPSA) is 39.2 Å². The van der Waals surface area contributed by atoms with Gasteiger partial charge in [-0.2, -0.15) is 0 Å². The highest BCUT2D eigenvalue weighted by atomic mass is 19.1. The van der Waals surface area contributed by atoms with Gasteiger partial charge < -0.3 is 4.74 Å². The standard InChI is InChI=1S/C17H18FNO2/c1-10-5-6-13(7-14(10)18)16(20)8-15-12(3)17(21-4)11(2)9-19-15/h5-7,9H,8H2,1-4H3. The second-order valence-electron chi connectivity index (χ2n) is 5.11. The summed E-state index contributed by atoms with van der Waals surface area (Å²) in [5.41, 5.74) is 3.31. The molecule has 0 saturated heterocycles. The lowest BCUT2D eigenvalue weighted by molar-refractivity contribution is 0.0991. The molecule has 21 heavy (non-hydrogen) atoms. The van der Waals surface area contributed by atoms with Crippen LogP contribution >= 0.6 is 0 Å². The first kappa shape index (κ1) is 15.2. The fraction of sp³-hybridized carbons (Fsp3) is 0.294. The van der Waals surface area contributed by atoms with Crippen LogP contribution in [0.3, 0.4) is 0 Å². The number of carbonyl (C=O) groups excluding carboxylic acids is 1. The van der Waals surface area contributed by atoms with Crippen LogP contribution in [0, 0.1) is 26.6 Å². The molecule has 2 rings (SSSR count). The number of rotatable bonds is 4. The average Bonchev–Trinajstić information content (AvgIpc) is 2.45. The van der Waals surface area contributed by atoms with E-state index in [1.165, 1.54) is 6.07 Å². The number of halogens is 1. The van der Waals surface area contributed by atoms with Crippen molar-refractivity contribution in [2.24, 2.45) is 0 Å². The Labute approximate surface area is 123 Å². The number of carbonyl (C=O) groups is 1. The van der Waals surface area contributed by atoms with Crippen LogP contribution in [-0.2, 0) is 6.42 Å². The predicted molar refractivity (Wildman–Crippen MR) is 79.4 cm³/mol. The van der Waals surface area contributed by atoms with E-state index in [4.69, 9.17) is 4.74 Å². The minimum Gasteiger partial charge on any atom is -0.496 e. The third kappa shape index (κ3) is 3.10. The van der Waals surface area contributed by atoms with Gasteiger partial charge in [0.25, 0.3) is 0 Å². The zero-order valence-electron chi connectivity index (χ0n) is 12.7. The first-order valence-corrected chi connectivity index (χ1v) is 6.72. The van der Waals surface area contributed by atoms with Gasteiger partial charge in [-0.1, -0.05) is 12.1 Å². The summed E-state index contributed by atoms with van der Waals surface area (Å²) in [5.74, 6) is 0.213. The van der Waals surface area contributed by atoms with Gasteiger partial charge in [0.15, 0.2) is 5.78 Å². The highest BCUT2D eigenvalue weighted by Crippen LogP contribution is 2.25. The van der Waals surface area contributed by atoms with Gasteiger partial charge in [-0.25, -0.2) is 4.39 Å². The molecule has 1 heterocycles. The Hall–Kier alpha value is -2.23. The molecule has 0 amide bonds. The van der Waals surface area contributed by atoms with Crippen LogP contribution in [0.25, 0.3) is 0 Å². The molecule has 0 unspecified atom stereocenters. The molecule has 0 aliphatic rings. The molecule has 1 aromatic carbocycles. The van der Waals surface area contributed by atoms with Gasteiger partial charge in [-0.3, -0.25) is 9.78 Å². The van der Waals surface area contributed by atoms with Crippen molar-refractivity contribution in [3.8, 4) is 5.75 Å². The molecule has 0 radical (unpaired) electrons. The SMILES string of the molecule is COc1c(C)cnc(CC(=O)c2ccc(C)c(F)c2)c1C. The monoisotopic (exact) mass is 287 g/mol. The smallest absolute Gasteiger partial charge is 0.168 e. The maximum absolute atomic E-state index is 13.5. The summed E-state index contributed by atoms with van der Waals surface area (Å²) >= 11 is 0. The lowest BCUT2D eigenvalue weighted by Gasteiger charge is -2.12. The van der Waals surface area contributed by atoms with Crippen molar-refractivity contribution in [3.63, 3.8) is 0 Å². The Morgan fingerprint density at radius 1 is 1.24 bits per heavy atom. The zero-order valence-corrected chi connectivity index (χ0v) is 12.7. The normalized spacial score (nSPS) is 10.5. The number of methoxy groups -OCH3 is 1. The van der Waals surface area contributed by atoms with Gasteiger partial charge in [-0.15, -0.1) is 0 Å².